The normalized spacial score (nSPS) is 12.0. The first-order valence-corrected chi connectivity index (χ1v) is 3.40. The number of ketones is 1. The predicted molar refractivity (Wildman–Crippen MR) is 41.4 cm³/mol. The number of ether oxygens (including phenoxy) is 1. The average Bonchev–Trinajstić information content (AvgIpc) is 2.00. The van der Waals surface area contributed by atoms with Gasteiger partial charge in [0.25, 0.3) is 0 Å². The first-order chi connectivity index (χ1) is 5.00. The minimum atomic E-state index is -0.813. The molecule has 0 aromatic rings. The third-order valence-corrected chi connectivity index (χ3v) is 1.76. The highest BCUT2D eigenvalue weighted by Gasteiger charge is 2.14. The van der Waals surface area contributed by atoms with Crippen molar-refractivity contribution in [3.05, 3.63) is 10.1 Å². The smallest absolute Gasteiger partial charge is 0.351 e. The predicted octanol–water partition coefficient (Wildman–Crippen LogP) is 1.44. The van der Waals surface area contributed by atoms with E-state index in [0.717, 1.165) is 7.11 Å². The number of hydrogen-bond acceptors (Lipinski definition) is 3. The Morgan fingerprint density at radius 3 is 1.91 bits per heavy atom. The lowest BCUT2D eigenvalue weighted by Crippen LogP contribution is -2.04. The summed E-state index contributed by atoms with van der Waals surface area (Å²) in [5.74, 6) is -1.28. The Hall–Kier alpha value is -0.540. The van der Waals surface area contributed by atoms with Crippen molar-refractivity contribution in [2.45, 2.75) is 6.92 Å². The molecule has 0 radical (unpaired) electrons. The molecule has 0 saturated heterocycles. The van der Waals surface area contributed by atoms with E-state index in [0.29, 0.717) is 0 Å². The van der Waals surface area contributed by atoms with Crippen LogP contribution in [0.3, 0.4) is 0 Å². The number of esters is 1. The summed E-state index contributed by atoms with van der Waals surface area (Å²) in [6.07, 6.45) is 0. The van der Waals surface area contributed by atoms with Crippen molar-refractivity contribution >= 4 is 35.0 Å². The van der Waals surface area contributed by atoms with Gasteiger partial charge in [-0.05, 0) is 0 Å². The molecule has 5 heteroatoms. The molecule has 0 bridgehead atoms. The summed E-state index contributed by atoms with van der Waals surface area (Å²) in [4.78, 5) is 21.1. The van der Waals surface area contributed by atoms with Gasteiger partial charge >= 0.3 is 5.97 Å². The summed E-state index contributed by atoms with van der Waals surface area (Å²) in [7, 11) is 1.15. The number of hydrogen-bond donors (Lipinski definition) is 0. The Morgan fingerprint density at radius 1 is 1.18 bits per heavy atom. The summed E-state index contributed by atoms with van der Waals surface area (Å²) in [5, 5.41) is -0.694. The first kappa shape index (κ1) is 10.5. The second-order valence-electron chi connectivity index (χ2n) is 1.68. The van der Waals surface area contributed by atoms with Crippen molar-refractivity contribution in [1.82, 2.24) is 0 Å². The molecule has 0 saturated carbocycles. The SMILES string of the molecule is COC(=O)/C(Cl)=C(\Cl)C(C)=O. The highest BCUT2D eigenvalue weighted by molar-refractivity contribution is 6.53. The lowest BCUT2D eigenvalue weighted by Gasteiger charge is -1.97. The van der Waals surface area contributed by atoms with Crippen molar-refractivity contribution < 1.29 is 14.3 Å². The molecule has 0 aliphatic rings. The van der Waals surface area contributed by atoms with Crippen molar-refractivity contribution in [3.8, 4) is 0 Å². The number of carbonyl (C=O) groups is 2. The number of Topliss-reactive ketones (excluding diaryl/α,β-unsaturated/α-hetero) is 1. The maximum absolute atomic E-state index is 10.6. The van der Waals surface area contributed by atoms with Crippen molar-refractivity contribution in [3.63, 3.8) is 0 Å². The Bertz CT molecular complexity index is 220. The summed E-state index contributed by atoms with van der Waals surface area (Å²) in [6, 6.07) is 0. The van der Waals surface area contributed by atoms with Crippen LogP contribution < -0.4 is 0 Å². The lowest BCUT2D eigenvalue weighted by atomic mass is 10.4. The Labute approximate surface area is 73.9 Å². The maximum atomic E-state index is 10.6. The zero-order valence-corrected chi connectivity index (χ0v) is 7.49. The number of carbonyl (C=O) groups excluding carboxylic acids is 2. The Morgan fingerprint density at radius 2 is 1.64 bits per heavy atom. The van der Waals surface area contributed by atoms with Gasteiger partial charge in [0.15, 0.2) is 5.78 Å². The first-order valence-electron chi connectivity index (χ1n) is 2.65. The van der Waals surface area contributed by atoms with E-state index >= 15 is 0 Å². The van der Waals surface area contributed by atoms with Gasteiger partial charge in [0.2, 0.25) is 0 Å². The second kappa shape index (κ2) is 4.36. The quantitative estimate of drug-likeness (QED) is 0.496. The molecule has 0 rings (SSSR count). The molecule has 0 amide bonds. The van der Waals surface area contributed by atoms with E-state index in [4.69, 9.17) is 23.2 Å². The number of rotatable bonds is 2. The molecule has 0 heterocycles. The molecule has 11 heavy (non-hydrogen) atoms. The van der Waals surface area contributed by atoms with Crippen LogP contribution in [0, 0.1) is 0 Å². The topological polar surface area (TPSA) is 43.4 Å². The molecule has 0 spiro atoms. The summed E-state index contributed by atoms with van der Waals surface area (Å²) >= 11 is 10.7. The molecular formula is C6H6Cl2O3. The zero-order valence-electron chi connectivity index (χ0n) is 5.98. The van der Waals surface area contributed by atoms with E-state index in [9.17, 15) is 9.59 Å². The molecule has 0 N–H and O–H groups in total. The molecule has 0 aliphatic heterocycles. The van der Waals surface area contributed by atoms with E-state index in [-0.39, 0.29) is 10.1 Å². The van der Waals surface area contributed by atoms with Gasteiger partial charge in [-0.3, -0.25) is 4.79 Å². The molecule has 0 unspecified atom stereocenters. The van der Waals surface area contributed by atoms with Crippen LogP contribution in [0.1, 0.15) is 6.92 Å². The third-order valence-electron chi connectivity index (χ3n) is 0.866. The minimum absolute atomic E-state index is 0.307. The fourth-order valence-electron chi connectivity index (χ4n) is 0.334. The molecule has 0 fully saturated rings. The third kappa shape index (κ3) is 2.91. The van der Waals surface area contributed by atoms with Crippen molar-refractivity contribution in [2.24, 2.45) is 0 Å². The molecule has 0 aliphatic carbocycles. The monoisotopic (exact) mass is 196 g/mol. The van der Waals surface area contributed by atoms with E-state index < -0.39 is 11.8 Å². The molecule has 0 aromatic carbocycles. The van der Waals surface area contributed by atoms with Crippen molar-refractivity contribution in [2.75, 3.05) is 7.11 Å². The van der Waals surface area contributed by atoms with Crippen LogP contribution in [0.15, 0.2) is 10.1 Å². The van der Waals surface area contributed by atoms with Gasteiger partial charge in [0, 0.05) is 6.92 Å². The molecule has 0 atom stereocenters. The summed E-state index contributed by atoms with van der Waals surface area (Å²) in [6.45, 7) is 1.20. The Kier molecular flexibility index (Phi) is 4.15. The van der Waals surface area contributed by atoms with Gasteiger partial charge < -0.3 is 4.74 Å². The van der Waals surface area contributed by atoms with Gasteiger partial charge in [-0.2, -0.15) is 0 Å². The zero-order chi connectivity index (χ0) is 9.02. The largest absolute Gasteiger partial charge is 0.465 e. The second-order valence-corrected chi connectivity index (χ2v) is 2.43. The van der Waals surface area contributed by atoms with Crippen LogP contribution in [-0.2, 0) is 14.3 Å². The maximum Gasteiger partial charge on any atom is 0.351 e. The van der Waals surface area contributed by atoms with Gasteiger partial charge in [-0.25, -0.2) is 4.79 Å². The molecule has 3 nitrogen and oxygen atoms in total. The van der Waals surface area contributed by atoms with Crippen LogP contribution in [0.2, 0.25) is 0 Å². The summed E-state index contributed by atoms with van der Waals surface area (Å²) in [5.41, 5.74) is 0. The lowest BCUT2D eigenvalue weighted by molar-refractivity contribution is -0.135. The average molecular weight is 197 g/mol. The van der Waals surface area contributed by atoms with Crippen LogP contribution in [0.4, 0.5) is 0 Å². The van der Waals surface area contributed by atoms with E-state index in [1.54, 1.807) is 0 Å². The highest BCUT2D eigenvalue weighted by atomic mass is 35.5. The van der Waals surface area contributed by atoms with E-state index in [1.807, 2.05) is 0 Å². The van der Waals surface area contributed by atoms with Gasteiger partial charge in [-0.1, -0.05) is 23.2 Å². The fourth-order valence-corrected chi connectivity index (χ4v) is 0.621. The highest BCUT2D eigenvalue weighted by Crippen LogP contribution is 2.15. The van der Waals surface area contributed by atoms with Gasteiger partial charge in [0.05, 0.1) is 7.11 Å². The molecular weight excluding hydrogens is 191 g/mol. The van der Waals surface area contributed by atoms with Crippen LogP contribution in [0.25, 0.3) is 0 Å². The Balaban J connectivity index is 4.66. The summed E-state index contributed by atoms with van der Waals surface area (Å²) < 4.78 is 4.22. The van der Waals surface area contributed by atoms with Crippen molar-refractivity contribution in [1.29, 1.82) is 0 Å². The van der Waals surface area contributed by atoms with Crippen LogP contribution in [-0.4, -0.2) is 18.9 Å². The van der Waals surface area contributed by atoms with E-state index in [2.05, 4.69) is 4.74 Å². The number of allylic oxidation sites excluding steroid dienone is 1. The van der Waals surface area contributed by atoms with Crippen LogP contribution in [0.5, 0.6) is 0 Å². The standard InChI is InChI=1S/C6H6Cl2O3/c1-3(9)4(7)5(8)6(10)11-2/h1-2H3/b5-4+. The van der Waals surface area contributed by atoms with Gasteiger partial charge in [0.1, 0.15) is 10.1 Å². The number of methoxy groups -OCH3 is 1. The number of halogens is 2. The minimum Gasteiger partial charge on any atom is -0.465 e. The molecule has 0 aromatic heterocycles. The van der Waals surface area contributed by atoms with E-state index in [1.165, 1.54) is 6.92 Å². The molecule has 62 valence electrons. The fraction of sp³-hybridized carbons (Fsp3) is 0.333. The van der Waals surface area contributed by atoms with Gasteiger partial charge in [-0.15, -0.1) is 0 Å². The van der Waals surface area contributed by atoms with Crippen LogP contribution >= 0.6 is 23.2 Å².